The number of ether oxygens (including phenoxy) is 2. The van der Waals surface area contributed by atoms with E-state index in [1.54, 1.807) is 45.9 Å². The van der Waals surface area contributed by atoms with E-state index in [1.807, 2.05) is 0 Å². The molecule has 0 unspecified atom stereocenters. The van der Waals surface area contributed by atoms with Gasteiger partial charge in [0.1, 0.15) is 16.9 Å². The van der Waals surface area contributed by atoms with Gasteiger partial charge in [-0.15, -0.1) is 0 Å². The van der Waals surface area contributed by atoms with Gasteiger partial charge in [-0.25, -0.2) is 14.4 Å². The summed E-state index contributed by atoms with van der Waals surface area (Å²) in [5.41, 5.74) is -1.06. The number of carboxylic acids is 1. The molecule has 2 aromatic carbocycles. The van der Waals surface area contributed by atoms with Crippen LogP contribution in [0.4, 0.5) is 15.3 Å². The number of carbonyl (C=O) groups excluding carboxylic acids is 3. The van der Waals surface area contributed by atoms with Gasteiger partial charge in [0.15, 0.2) is 0 Å². The van der Waals surface area contributed by atoms with Crippen LogP contribution in [0.15, 0.2) is 36.4 Å². The predicted molar refractivity (Wildman–Crippen MR) is 149 cm³/mol. The molecule has 0 heterocycles. The molecule has 0 bridgehead atoms. The lowest BCUT2D eigenvalue weighted by Gasteiger charge is -2.23. The molecule has 2 aromatic rings. The molecule has 0 fully saturated rings. The Balaban J connectivity index is 2.23. The highest BCUT2D eigenvalue weighted by atomic mass is 35.5. The second-order valence-electron chi connectivity index (χ2n) is 10.0. The van der Waals surface area contributed by atoms with Crippen LogP contribution in [0.5, 0.6) is 5.75 Å². The molecule has 0 aliphatic rings. The minimum atomic E-state index is -1.46. The third kappa shape index (κ3) is 9.94. The summed E-state index contributed by atoms with van der Waals surface area (Å²) in [6.07, 6.45) is -0.442. The van der Waals surface area contributed by atoms with Crippen molar-refractivity contribution in [2.24, 2.45) is 5.92 Å². The summed E-state index contributed by atoms with van der Waals surface area (Å²) in [7, 11) is 1.45. The van der Waals surface area contributed by atoms with E-state index in [0.29, 0.717) is 16.3 Å². The molecule has 41 heavy (non-hydrogen) atoms. The van der Waals surface area contributed by atoms with Crippen LogP contribution in [0.25, 0.3) is 0 Å². The van der Waals surface area contributed by atoms with Crippen LogP contribution >= 0.6 is 11.6 Å². The van der Waals surface area contributed by atoms with Crippen molar-refractivity contribution in [2.75, 3.05) is 13.7 Å². The first-order chi connectivity index (χ1) is 19.1. The fourth-order valence-electron chi connectivity index (χ4n) is 3.88. The van der Waals surface area contributed by atoms with Crippen molar-refractivity contribution in [1.82, 2.24) is 16.0 Å². The second kappa shape index (κ2) is 14.3. The van der Waals surface area contributed by atoms with Crippen LogP contribution in [-0.4, -0.2) is 53.3 Å². The zero-order valence-electron chi connectivity index (χ0n) is 23.3. The molecule has 0 saturated heterocycles. The average molecular weight is 593 g/mol. The van der Waals surface area contributed by atoms with Gasteiger partial charge < -0.3 is 25.2 Å². The third-order valence-corrected chi connectivity index (χ3v) is 6.01. The van der Waals surface area contributed by atoms with E-state index in [2.05, 4.69) is 16.0 Å². The topological polar surface area (TPSA) is 186 Å². The lowest BCUT2D eigenvalue weighted by Crippen LogP contribution is -2.47. The summed E-state index contributed by atoms with van der Waals surface area (Å²) in [5, 5.41) is 28.3. The van der Waals surface area contributed by atoms with Gasteiger partial charge in [0.2, 0.25) is 5.91 Å². The van der Waals surface area contributed by atoms with Crippen LogP contribution in [0, 0.1) is 16.0 Å². The van der Waals surface area contributed by atoms with Crippen LogP contribution in [-0.2, 0) is 16.0 Å². The number of aromatic carboxylic acids is 1. The van der Waals surface area contributed by atoms with Crippen molar-refractivity contribution >= 4 is 41.3 Å². The number of nitro benzene ring substituents is 1. The Labute approximate surface area is 241 Å². The Morgan fingerprint density at radius 2 is 1.80 bits per heavy atom. The van der Waals surface area contributed by atoms with E-state index < -0.39 is 57.7 Å². The first-order valence-electron chi connectivity index (χ1n) is 12.6. The first-order valence-corrected chi connectivity index (χ1v) is 12.9. The van der Waals surface area contributed by atoms with Crippen LogP contribution in [0.3, 0.4) is 0 Å². The molecule has 0 aromatic heterocycles. The summed E-state index contributed by atoms with van der Waals surface area (Å²) in [6.45, 7) is 6.57. The molecule has 0 spiro atoms. The van der Waals surface area contributed by atoms with Gasteiger partial charge >= 0.3 is 18.1 Å². The number of imide groups is 1. The zero-order valence-corrected chi connectivity index (χ0v) is 24.0. The van der Waals surface area contributed by atoms with Gasteiger partial charge in [0, 0.05) is 17.6 Å². The number of rotatable bonds is 11. The number of nitro groups is 1. The van der Waals surface area contributed by atoms with Gasteiger partial charge in [-0.3, -0.25) is 20.2 Å². The number of nitrogens with one attached hydrogen (secondary N) is 3. The Morgan fingerprint density at radius 1 is 1.12 bits per heavy atom. The third-order valence-electron chi connectivity index (χ3n) is 5.77. The van der Waals surface area contributed by atoms with Gasteiger partial charge in [0.05, 0.1) is 24.0 Å². The Kier molecular flexibility index (Phi) is 11.4. The zero-order chi connectivity index (χ0) is 30.9. The van der Waals surface area contributed by atoms with Crippen LogP contribution in [0.2, 0.25) is 5.02 Å². The number of hydrogen-bond donors (Lipinski definition) is 4. The van der Waals surface area contributed by atoms with E-state index in [1.165, 1.54) is 13.2 Å². The lowest BCUT2D eigenvalue weighted by atomic mass is 9.97. The lowest BCUT2D eigenvalue weighted by molar-refractivity contribution is -0.385. The number of alkyl carbamates (subject to hydrolysis) is 1. The maximum Gasteiger partial charge on any atom is 0.407 e. The number of carbonyl (C=O) groups is 4. The minimum absolute atomic E-state index is 0.0404. The van der Waals surface area contributed by atoms with Gasteiger partial charge in [-0.05, 0) is 69.0 Å². The Morgan fingerprint density at radius 3 is 2.37 bits per heavy atom. The van der Waals surface area contributed by atoms with Gasteiger partial charge in [-0.2, -0.15) is 0 Å². The van der Waals surface area contributed by atoms with Crippen molar-refractivity contribution in [3.05, 3.63) is 68.2 Å². The fraction of sp³-hybridized carbons (Fsp3) is 0.407. The van der Waals surface area contributed by atoms with Crippen molar-refractivity contribution < 1.29 is 38.7 Å². The molecule has 2 rings (SSSR count). The van der Waals surface area contributed by atoms with E-state index >= 15 is 0 Å². The largest absolute Gasteiger partial charge is 0.496 e. The molecule has 0 aliphatic heterocycles. The monoisotopic (exact) mass is 592 g/mol. The van der Waals surface area contributed by atoms with Crippen molar-refractivity contribution in [3.8, 4) is 5.75 Å². The summed E-state index contributed by atoms with van der Waals surface area (Å²) >= 11 is 6.13. The van der Waals surface area contributed by atoms with Gasteiger partial charge in [0.25, 0.3) is 5.69 Å². The maximum atomic E-state index is 13.2. The molecule has 13 nitrogen and oxygen atoms in total. The number of urea groups is 1. The number of methoxy groups -OCH3 is 1. The van der Waals surface area contributed by atoms with E-state index in [9.17, 15) is 34.4 Å². The summed E-state index contributed by atoms with van der Waals surface area (Å²) < 4.78 is 10.6. The number of nitrogens with zero attached hydrogens (tertiary/aromatic N) is 1. The van der Waals surface area contributed by atoms with Crippen molar-refractivity contribution in [2.45, 2.75) is 52.2 Å². The number of halogens is 1. The highest BCUT2D eigenvalue weighted by Crippen LogP contribution is 2.27. The quantitative estimate of drug-likeness (QED) is 0.213. The molecule has 14 heteroatoms. The number of hydrogen-bond acceptors (Lipinski definition) is 8. The van der Waals surface area contributed by atoms with Crippen LogP contribution < -0.4 is 20.7 Å². The molecular weight excluding hydrogens is 560 g/mol. The molecule has 0 radical (unpaired) electrons. The highest BCUT2D eigenvalue weighted by molar-refractivity contribution is 6.30. The van der Waals surface area contributed by atoms with Crippen molar-refractivity contribution in [1.29, 1.82) is 0 Å². The van der Waals surface area contributed by atoms with Crippen LogP contribution in [0.1, 0.15) is 61.6 Å². The minimum Gasteiger partial charge on any atom is -0.496 e. The SMILES string of the molecule is CC[C@@H](NC(=O)NC(=O)[C@H](CNC(=O)OC(C)(C)C)Cc1cc(Cl)ccc1OC)c1ccc(C(=O)O)c([N+](=O)[O-])c1. The molecular formula is C27H33ClN4O9. The van der Waals surface area contributed by atoms with E-state index in [4.69, 9.17) is 21.1 Å². The first kappa shape index (κ1) is 32.8. The molecule has 0 saturated carbocycles. The Bertz CT molecular complexity index is 1310. The highest BCUT2D eigenvalue weighted by Gasteiger charge is 2.27. The average Bonchev–Trinajstić information content (AvgIpc) is 2.88. The number of amides is 4. The summed E-state index contributed by atoms with van der Waals surface area (Å²) in [5.74, 6) is -2.71. The number of benzene rings is 2. The van der Waals surface area contributed by atoms with E-state index in [-0.39, 0.29) is 24.9 Å². The molecule has 2 atom stereocenters. The summed E-state index contributed by atoms with van der Waals surface area (Å²) in [4.78, 5) is 60.2. The second-order valence-corrected chi connectivity index (χ2v) is 10.4. The normalized spacial score (nSPS) is 12.4. The number of carboxylic acid groups (broad SMARTS) is 1. The standard InChI is InChI=1S/C27H33ClN4O9/c1-6-20(15-7-9-19(24(34)35)21(13-15)32(38)39)30-25(36)31-23(33)17(14-29-26(37)41-27(2,3)4)11-16-12-18(28)8-10-22(16)40-5/h7-10,12-13,17,20H,6,11,14H2,1-5H3,(H,29,37)(H,34,35)(H2,30,31,33,36)/t17-,20+/m0/s1. The smallest absolute Gasteiger partial charge is 0.407 e. The molecule has 0 aliphatic carbocycles. The predicted octanol–water partition coefficient (Wildman–Crippen LogP) is 4.62. The molecule has 4 N–H and O–H groups in total. The summed E-state index contributed by atoms with van der Waals surface area (Å²) in [6, 6.07) is 6.67. The molecule has 4 amide bonds. The van der Waals surface area contributed by atoms with E-state index in [0.717, 1.165) is 12.1 Å². The maximum absolute atomic E-state index is 13.2. The van der Waals surface area contributed by atoms with Gasteiger partial charge in [-0.1, -0.05) is 24.6 Å². The fourth-order valence-corrected chi connectivity index (χ4v) is 4.07. The molecule has 222 valence electrons. The van der Waals surface area contributed by atoms with Crippen molar-refractivity contribution in [3.63, 3.8) is 0 Å². The Hall–Kier alpha value is -4.39.